The molecule has 1 atom stereocenters. The SMILES string of the molecule is CC(=O)O[C@H](c1c[nH]c2c(C)cccc12)C(F)(F)F. The molecule has 19 heavy (non-hydrogen) atoms. The second-order valence-corrected chi connectivity index (χ2v) is 4.27. The molecule has 0 amide bonds. The fraction of sp³-hybridized carbons (Fsp3) is 0.308. The lowest BCUT2D eigenvalue weighted by atomic mass is 10.1. The van der Waals surface area contributed by atoms with E-state index < -0.39 is 18.2 Å². The molecule has 0 aliphatic rings. The average Bonchev–Trinajstić information content (AvgIpc) is 2.69. The van der Waals surface area contributed by atoms with E-state index in [2.05, 4.69) is 9.72 Å². The Hall–Kier alpha value is -1.98. The second-order valence-electron chi connectivity index (χ2n) is 4.27. The number of nitrogens with one attached hydrogen (secondary N) is 1. The van der Waals surface area contributed by atoms with E-state index in [0.29, 0.717) is 10.9 Å². The molecular weight excluding hydrogens is 259 g/mol. The molecule has 0 aliphatic carbocycles. The number of ether oxygens (including phenoxy) is 1. The van der Waals surface area contributed by atoms with Crippen molar-refractivity contribution in [1.82, 2.24) is 4.98 Å². The van der Waals surface area contributed by atoms with Gasteiger partial charge in [0.05, 0.1) is 0 Å². The summed E-state index contributed by atoms with van der Waals surface area (Å²) < 4.78 is 43.4. The van der Waals surface area contributed by atoms with Gasteiger partial charge in [0.1, 0.15) is 0 Å². The summed E-state index contributed by atoms with van der Waals surface area (Å²) in [5.41, 5.74) is 1.35. The van der Waals surface area contributed by atoms with E-state index in [1.165, 1.54) is 6.20 Å². The van der Waals surface area contributed by atoms with Gasteiger partial charge in [-0.1, -0.05) is 18.2 Å². The molecule has 2 aromatic rings. The van der Waals surface area contributed by atoms with Gasteiger partial charge in [-0.3, -0.25) is 4.79 Å². The van der Waals surface area contributed by atoms with E-state index in [-0.39, 0.29) is 5.56 Å². The van der Waals surface area contributed by atoms with Crippen molar-refractivity contribution in [2.45, 2.75) is 26.1 Å². The summed E-state index contributed by atoms with van der Waals surface area (Å²) in [5, 5.41) is 0.406. The molecule has 0 saturated heterocycles. The van der Waals surface area contributed by atoms with Gasteiger partial charge in [0, 0.05) is 29.6 Å². The Bertz CT molecular complexity index is 616. The third-order valence-corrected chi connectivity index (χ3v) is 2.82. The molecule has 0 radical (unpaired) electrons. The predicted octanol–water partition coefficient (Wildman–Crippen LogP) is 3.64. The van der Waals surface area contributed by atoms with Crippen molar-refractivity contribution in [1.29, 1.82) is 0 Å². The minimum Gasteiger partial charge on any atom is -0.448 e. The first kappa shape index (κ1) is 13.5. The number of carbonyl (C=O) groups excluding carboxylic acids is 1. The number of rotatable bonds is 2. The molecule has 102 valence electrons. The number of aryl methyl sites for hydroxylation is 1. The highest BCUT2D eigenvalue weighted by Gasteiger charge is 2.44. The Kier molecular flexibility index (Phi) is 3.26. The summed E-state index contributed by atoms with van der Waals surface area (Å²) in [7, 11) is 0. The summed E-state index contributed by atoms with van der Waals surface area (Å²) in [4.78, 5) is 13.7. The predicted molar refractivity (Wildman–Crippen MR) is 63.6 cm³/mol. The topological polar surface area (TPSA) is 42.1 Å². The summed E-state index contributed by atoms with van der Waals surface area (Å²) in [6, 6.07) is 5.02. The highest BCUT2D eigenvalue weighted by atomic mass is 19.4. The Balaban J connectivity index is 2.57. The first-order valence-corrected chi connectivity index (χ1v) is 5.61. The van der Waals surface area contributed by atoms with Crippen molar-refractivity contribution in [2.24, 2.45) is 0 Å². The summed E-state index contributed by atoms with van der Waals surface area (Å²) in [6.07, 6.45) is -5.66. The molecule has 1 aromatic heterocycles. The molecule has 0 aliphatic heterocycles. The number of hydrogen-bond acceptors (Lipinski definition) is 2. The van der Waals surface area contributed by atoms with Crippen molar-refractivity contribution in [3.63, 3.8) is 0 Å². The zero-order chi connectivity index (χ0) is 14.2. The Morgan fingerprint density at radius 2 is 2.05 bits per heavy atom. The minimum atomic E-state index is -4.65. The number of para-hydroxylation sites is 1. The van der Waals surface area contributed by atoms with Gasteiger partial charge in [-0.2, -0.15) is 13.2 Å². The smallest absolute Gasteiger partial charge is 0.429 e. The third kappa shape index (κ3) is 2.57. The number of esters is 1. The van der Waals surface area contributed by atoms with Gasteiger partial charge in [0.2, 0.25) is 6.10 Å². The maximum Gasteiger partial charge on any atom is 0.429 e. The molecule has 3 nitrogen and oxygen atoms in total. The van der Waals surface area contributed by atoms with Crippen molar-refractivity contribution >= 4 is 16.9 Å². The monoisotopic (exact) mass is 271 g/mol. The highest BCUT2D eigenvalue weighted by molar-refractivity contribution is 5.86. The molecule has 0 bridgehead atoms. The number of fused-ring (bicyclic) bond motifs is 1. The molecular formula is C13H12F3NO2. The zero-order valence-corrected chi connectivity index (χ0v) is 10.3. The van der Waals surface area contributed by atoms with Gasteiger partial charge in [-0.15, -0.1) is 0 Å². The average molecular weight is 271 g/mol. The van der Waals surface area contributed by atoms with Crippen LogP contribution in [0, 0.1) is 6.92 Å². The van der Waals surface area contributed by atoms with Crippen LogP contribution in [-0.4, -0.2) is 17.1 Å². The van der Waals surface area contributed by atoms with Gasteiger partial charge in [0.15, 0.2) is 0 Å². The quantitative estimate of drug-likeness (QED) is 0.847. The van der Waals surface area contributed by atoms with Crippen LogP contribution in [0.3, 0.4) is 0 Å². The van der Waals surface area contributed by atoms with Crippen LogP contribution < -0.4 is 0 Å². The minimum absolute atomic E-state index is 0.0820. The van der Waals surface area contributed by atoms with E-state index in [4.69, 9.17) is 0 Å². The molecule has 2 rings (SSSR count). The van der Waals surface area contributed by atoms with Crippen molar-refractivity contribution in [3.05, 3.63) is 35.5 Å². The van der Waals surface area contributed by atoms with E-state index in [0.717, 1.165) is 12.5 Å². The van der Waals surface area contributed by atoms with Crippen LogP contribution in [0.2, 0.25) is 0 Å². The zero-order valence-electron chi connectivity index (χ0n) is 10.3. The maximum atomic E-state index is 13.0. The van der Waals surface area contributed by atoms with Crippen LogP contribution in [0.25, 0.3) is 10.9 Å². The van der Waals surface area contributed by atoms with E-state index >= 15 is 0 Å². The summed E-state index contributed by atoms with van der Waals surface area (Å²) in [6.45, 7) is 2.75. The fourth-order valence-corrected chi connectivity index (χ4v) is 2.02. The van der Waals surface area contributed by atoms with Gasteiger partial charge >= 0.3 is 12.1 Å². The normalized spacial score (nSPS) is 13.5. The second kappa shape index (κ2) is 4.60. The number of hydrogen-bond donors (Lipinski definition) is 1. The number of halogens is 3. The standard InChI is InChI=1S/C13H12F3NO2/c1-7-4-3-5-9-10(6-17-11(7)9)12(13(14,15)16)19-8(2)18/h3-6,12,17H,1-2H3/t12-/m1/s1. The molecule has 1 heterocycles. The first-order valence-electron chi connectivity index (χ1n) is 5.61. The third-order valence-electron chi connectivity index (χ3n) is 2.82. The van der Waals surface area contributed by atoms with Crippen molar-refractivity contribution in [3.8, 4) is 0 Å². The van der Waals surface area contributed by atoms with Gasteiger partial charge in [0.25, 0.3) is 0 Å². The fourth-order valence-electron chi connectivity index (χ4n) is 2.02. The number of aromatic nitrogens is 1. The molecule has 1 N–H and O–H groups in total. The van der Waals surface area contributed by atoms with Gasteiger partial charge < -0.3 is 9.72 Å². The number of H-pyrrole nitrogens is 1. The van der Waals surface area contributed by atoms with Crippen LogP contribution in [0.4, 0.5) is 13.2 Å². The van der Waals surface area contributed by atoms with Gasteiger partial charge in [-0.25, -0.2) is 0 Å². The lowest BCUT2D eigenvalue weighted by molar-refractivity contribution is -0.222. The Labute approximate surface area is 107 Å². The molecule has 0 unspecified atom stereocenters. The molecule has 6 heteroatoms. The van der Waals surface area contributed by atoms with Crippen molar-refractivity contribution in [2.75, 3.05) is 0 Å². The molecule has 0 spiro atoms. The van der Waals surface area contributed by atoms with E-state index in [1.807, 2.05) is 0 Å². The molecule has 0 fully saturated rings. The van der Waals surface area contributed by atoms with Crippen molar-refractivity contribution < 1.29 is 22.7 Å². The largest absolute Gasteiger partial charge is 0.448 e. The first-order chi connectivity index (χ1) is 8.80. The number of aromatic amines is 1. The number of carbonyl (C=O) groups is 1. The lowest BCUT2D eigenvalue weighted by Crippen LogP contribution is -2.25. The van der Waals surface area contributed by atoms with Crippen LogP contribution in [-0.2, 0) is 9.53 Å². The van der Waals surface area contributed by atoms with Crippen LogP contribution in [0.1, 0.15) is 24.2 Å². The molecule has 1 aromatic carbocycles. The number of benzene rings is 1. The van der Waals surface area contributed by atoms with Crippen LogP contribution >= 0.6 is 0 Å². The van der Waals surface area contributed by atoms with Crippen LogP contribution in [0.15, 0.2) is 24.4 Å². The number of alkyl halides is 3. The lowest BCUT2D eigenvalue weighted by Gasteiger charge is -2.19. The Morgan fingerprint density at radius 3 is 2.63 bits per heavy atom. The van der Waals surface area contributed by atoms with Gasteiger partial charge in [-0.05, 0) is 12.5 Å². The van der Waals surface area contributed by atoms with E-state index in [1.54, 1.807) is 25.1 Å². The summed E-state index contributed by atoms with van der Waals surface area (Å²) in [5.74, 6) is -0.968. The van der Waals surface area contributed by atoms with E-state index in [9.17, 15) is 18.0 Å². The Morgan fingerprint density at radius 1 is 1.37 bits per heavy atom. The molecule has 0 saturated carbocycles. The summed E-state index contributed by atoms with van der Waals surface area (Å²) >= 11 is 0. The highest BCUT2D eigenvalue weighted by Crippen LogP contribution is 2.39. The van der Waals surface area contributed by atoms with Crippen LogP contribution in [0.5, 0.6) is 0 Å². The maximum absolute atomic E-state index is 13.0.